The highest BCUT2D eigenvalue weighted by molar-refractivity contribution is 6.44. The Labute approximate surface area is 213 Å². The lowest BCUT2D eigenvalue weighted by atomic mass is 10.0. The minimum Gasteiger partial charge on any atom is -0.395 e. The van der Waals surface area contributed by atoms with Crippen LogP contribution in [-0.2, 0) is 11.2 Å². The molecule has 0 saturated heterocycles. The van der Waals surface area contributed by atoms with Gasteiger partial charge in [-0.25, -0.2) is 9.48 Å². The van der Waals surface area contributed by atoms with Crippen LogP contribution in [0.15, 0.2) is 48.5 Å². The number of carbonyl (C=O) groups is 2. The monoisotopic (exact) mass is 515 g/mol. The highest BCUT2D eigenvalue weighted by atomic mass is 35.5. The average Bonchev–Trinajstić information content (AvgIpc) is 3.51. The number of nitrogens with zero attached hydrogens (tertiary/aromatic N) is 2. The van der Waals surface area contributed by atoms with Crippen molar-refractivity contribution in [3.8, 4) is 5.69 Å². The van der Waals surface area contributed by atoms with Crippen molar-refractivity contribution in [2.45, 2.75) is 38.0 Å². The lowest BCUT2D eigenvalue weighted by Gasteiger charge is -2.12. The summed E-state index contributed by atoms with van der Waals surface area (Å²) >= 11 is 12.3. The molecular formula is C25H27Cl2N5O3. The first-order valence-corrected chi connectivity index (χ1v) is 12.3. The van der Waals surface area contributed by atoms with Gasteiger partial charge in [0.05, 0.1) is 40.1 Å². The third kappa shape index (κ3) is 6.33. The molecule has 4 rings (SSSR count). The van der Waals surface area contributed by atoms with Crippen LogP contribution < -0.4 is 16.0 Å². The number of anilines is 2. The Kier molecular flexibility index (Phi) is 8.28. The fourth-order valence-corrected chi connectivity index (χ4v) is 4.57. The van der Waals surface area contributed by atoms with Crippen LogP contribution in [0.5, 0.6) is 0 Å². The summed E-state index contributed by atoms with van der Waals surface area (Å²) in [5.74, 6) is 0.665. The smallest absolute Gasteiger partial charge is 0.324 e. The van der Waals surface area contributed by atoms with Gasteiger partial charge in [-0.2, -0.15) is 5.10 Å². The molecule has 0 radical (unpaired) electrons. The maximum Gasteiger partial charge on any atom is 0.324 e. The van der Waals surface area contributed by atoms with Crippen LogP contribution in [0.3, 0.4) is 0 Å². The number of aliphatic hydroxyl groups excluding tert-OH is 1. The molecule has 8 nitrogen and oxygen atoms in total. The van der Waals surface area contributed by atoms with Crippen molar-refractivity contribution in [2.24, 2.45) is 0 Å². The topological polar surface area (TPSA) is 108 Å². The Morgan fingerprint density at radius 2 is 1.83 bits per heavy atom. The summed E-state index contributed by atoms with van der Waals surface area (Å²) < 4.78 is 1.68. The highest BCUT2D eigenvalue weighted by Gasteiger charge is 2.23. The molecule has 0 bridgehead atoms. The zero-order valence-corrected chi connectivity index (χ0v) is 20.6. The first-order chi connectivity index (χ1) is 16.9. The van der Waals surface area contributed by atoms with E-state index < -0.39 is 6.03 Å². The van der Waals surface area contributed by atoms with Gasteiger partial charge in [0.15, 0.2) is 0 Å². The van der Waals surface area contributed by atoms with Gasteiger partial charge in [0, 0.05) is 18.5 Å². The number of aliphatic hydroxyl groups is 1. The predicted octanol–water partition coefficient (Wildman–Crippen LogP) is 5.13. The number of amides is 3. The van der Waals surface area contributed by atoms with Crippen molar-refractivity contribution in [3.63, 3.8) is 0 Å². The van der Waals surface area contributed by atoms with Crippen LogP contribution >= 0.6 is 23.2 Å². The number of urea groups is 1. The van der Waals surface area contributed by atoms with Gasteiger partial charge in [0.25, 0.3) is 0 Å². The van der Waals surface area contributed by atoms with E-state index in [4.69, 9.17) is 33.4 Å². The molecule has 3 amide bonds. The molecule has 3 aromatic rings. The Balaban J connectivity index is 1.59. The Morgan fingerprint density at radius 3 is 2.60 bits per heavy atom. The van der Waals surface area contributed by atoms with E-state index in [0.717, 1.165) is 42.6 Å². The van der Waals surface area contributed by atoms with Crippen molar-refractivity contribution in [2.75, 3.05) is 23.8 Å². The first kappa shape index (κ1) is 25.0. The standard InChI is InChI=1S/C25H27Cl2N5O3/c26-19-9-4-10-20(24(19)27)29-25(35)30-22-15-21(17-6-1-2-7-17)31-32(22)18-8-3-5-16(13-18)14-23(34)28-11-12-33/h3-5,8-10,13,15,17,33H,1-2,6-7,11-12,14H2,(H,28,34)(H2,29,30,35). The first-order valence-electron chi connectivity index (χ1n) is 11.5. The largest absolute Gasteiger partial charge is 0.395 e. The van der Waals surface area contributed by atoms with Gasteiger partial charge in [-0.3, -0.25) is 10.1 Å². The van der Waals surface area contributed by atoms with E-state index in [2.05, 4.69) is 16.0 Å². The summed E-state index contributed by atoms with van der Waals surface area (Å²) in [5, 5.41) is 22.6. The fraction of sp³-hybridized carbons (Fsp3) is 0.320. The molecule has 184 valence electrons. The summed E-state index contributed by atoms with van der Waals surface area (Å²) in [6, 6.07) is 13.9. The molecule has 35 heavy (non-hydrogen) atoms. The zero-order chi connectivity index (χ0) is 24.8. The van der Waals surface area contributed by atoms with Gasteiger partial charge in [-0.15, -0.1) is 0 Å². The molecule has 1 heterocycles. The van der Waals surface area contributed by atoms with Crippen molar-refractivity contribution >= 4 is 46.6 Å². The number of carbonyl (C=O) groups excluding carboxylic acids is 2. The van der Waals surface area contributed by atoms with Gasteiger partial charge in [-0.1, -0.05) is 54.2 Å². The summed E-state index contributed by atoms with van der Waals surface area (Å²) in [6.07, 6.45) is 4.61. The minimum atomic E-state index is -0.479. The van der Waals surface area contributed by atoms with Gasteiger partial charge >= 0.3 is 6.03 Å². The molecule has 10 heteroatoms. The molecule has 1 aliphatic carbocycles. The number of hydrogen-bond donors (Lipinski definition) is 4. The van der Waals surface area contributed by atoms with Crippen molar-refractivity contribution in [3.05, 3.63) is 69.8 Å². The van der Waals surface area contributed by atoms with Crippen LogP contribution in [0.2, 0.25) is 10.0 Å². The maximum atomic E-state index is 12.8. The summed E-state index contributed by atoms with van der Waals surface area (Å²) in [6.45, 7) is 0.1000. The third-order valence-electron chi connectivity index (χ3n) is 5.90. The average molecular weight is 516 g/mol. The molecule has 1 fully saturated rings. The lowest BCUT2D eigenvalue weighted by Crippen LogP contribution is -2.27. The number of benzene rings is 2. The van der Waals surface area contributed by atoms with E-state index in [0.29, 0.717) is 22.4 Å². The second kappa shape index (κ2) is 11.6. The van der Waals surface area contributed by atoms with E-state index in [-0.39, 0.29) is 30.5 Å². The van der Waals surface area contributed by atoms with Gasteiger partial charge in [0.2, 0.25) is 5.91 Å². The second-order valence-electron chi connectivity index (χ2n) is 8.45. The Bertz CT molecular complexity index is 1210. The third-order valence-corrected chi connectivity index (χ3v) is 6.72. The molecule has 0 spiro atoms. The molecule has 1 saturated carbocycles. The van der Waals surface area contributed by atoms with Crippen LogP contribution in [0.4, 0.5) is 16.3 Å². The number of rotatable bonds is 8. The molecule has 1 aliphatic rings. The van der Waals surface area contributed by atoms with E-state index >= 15 is 0 Å². The molecule has 0 unspecified atom stereocenters. The minimum absolute atomic E-state index is 0.111. The fourth-order valence-electron chi connectivity index (χ4n) is 4.22. The molecule has 1 aromatic heterocycles. The van der Waals surface area contributed by atoms with E-state index in [1.165, 1.54) is 0 Å². The number of nitrogens with one attached hydrogen (secondary N) is 3. The molecule has 4 N–H and O–H groups in total. The van der Waals surface area contributed by atoms with Gasteiger partial charge in [0.1, 0.15) is 5.82 Å². The van der Waals surface area contributed by atoms with E-state index in [1.807, 2.05) is 30.3 Å². The lowest BCUT2D eigenvalue weighted by molar-refractivity contribution is -0.120. The SMILES string of the molecule is O=C(Cc1cccc(-n2nc(C3CCCC3)cc2NC(=O)Nc2cccc(Cl)c2Cl)c1)NCCO. The number of aromatic nitrogens is 2. The second-order valence-corrected chi connectivity index (χ2v) is 9.23. The molecule has 0 atom stereocenters. The van der Waals surface area contributed by atoms with Crippen LogP contribution in [0, 0.1) is 0 Å². The summed E-state index contributed by atoms with van der Waals surface area (Å²) in [5.41, 5.74) is 2.83. The predicted molar refractivity (Wildman–Crippen MR) is 138 cm³/mol. The van der Waals surface area contributed by atoms with E-state index in [1.54, 1.807) is 22.9 Å². The van der Waals surface area contributed by atoms with Crippen molar-refractivity contribution in [1.82, 2.24) is 15.1 Å². The highest BCUT2D eigenvalue weighted by Crippen LogP contribution is 2.35. The molecule has 0 aliphatic heterocycles. The van der Waals surface area contributed by atoms with Gasteiger partial charge < -0.3 is 15.7 Å². The van der Waals surface area contributed by atoms with Crippen molar-refractivity contribution < 1.29 is 14.7 Å². The number of hydrogen-bond acceptors (Lipinski definition) is 4. The molecule has 2 aromatic carbocycles. The quantitative estimate of drug-likeness (QED) is 0.333. The summed E-state index contributed by atoms with van der Waals surface area (Å²) in [7, 11) is 0. The van der Waals surface area contributed by atoms with E-state index in [9.17, 15) is 9.59 Å². The Morgan fingerprint density at radius 1 is 1.06 bits per heavy atom. The summed E-state index contributed by atoms with van der Waals surface area (Å²) in [4.78, 5) is 24.9. The zero-order valence-electron chi connectivity index (χ0n) is 19.1. The maximum absolute atomic E-state index is 12.8. The molecular weight excluding hydrogens is 489 g/mol. The number of halogens is 2. The normalized spacial score (nSPS) is 13.6. The van der Waals surface area contributed by atoms with Crippen LogP contribution in [0.1, 0.15) is 42.9 Å². The van der Waals surface area contributed by atoms with Gasteiger partial charge in [-0.05, 0) is 42.7 Å². The van der Waals surface area contributed by atoms with Crippen LogP contribution in [-0.4, -0.2) is 40.0 Å². The van der Waals surface area contributed by atoms with Crippen molar-refractivity contribution in [1.29, 1.82) is 0 Å². The van der Waals surface area contributed by atoms with Crippen LogP contribution in [0.25, 0.3) is 5.69 Å². The Hall–Kier alpha value is -3.07.